The smallest absolute Gasteiger partial charge is 0.277 e. The minimum Gasteiger partial charge on any atom is -0.497 e. The predicted molar refractivity (Wildman–Crippen MR) is 138 cm³/mol. The Morgan fingerprint density at radius 1 is 1.11 bits per heavy atom. The fraction of sp³-hybridized carbons (Fsp3) is 0.370. The van der Waals surface area contributed by atoms with Crippen molar-refractivity contribution in [2.45, 2.75) is 31.7 Å². The predicted octanol–water partition coefficient (Wildman–Crippen LogP) is 3.35. The number of anilines is 3. The van der Waals surface area contributed by atoms with Crippen LogP contribution in [-0.4, -0.2) is 55.2 Å². The normalized spacial score (nSPS) is 15.6. The summed E-state index contributed by atoms with van der Waals surface area (Å²) in [5.41, 5.74) is 9.17. The first-order valence-corrected chi connectivity index (χ1v) is 12.5. The molecule has 3 heterocycles. The van der Waals surface area contributed by atoms with Crippen LogP contribution in [0.4, 0.5) is 26.0 Å². The van der Waals surface area contributed by atoms with E-state index in [0.29, 0.717) is 36.1 Å². The fourth-order valence-corrected chi connectivity index (χ4v) is 5.02. The van der Waals surface area contributed by atoms with Crippen molar-refractivity contribution in [3.8, 4) is 5.75 Å². The number of carbonyl (C=O) groups excluding carboxylic acids is 1. The second-order valence-corrected chi connectivity index (χ2v) is 9.39. The highest BCUT2D eigenvalue weighted by atomic mass is 19.2. The maximum absolute atomic E-state index is 13.8. The Balaban J connectivity index is 1.16. The second kappa shape index (κ2) is 10.7. The van der Waals surface area contributed by atoms with Crippen molar-refractivity contribution in [3.63, 3.8) is 0 Å². The molecule has 2 aromatic carbocycles. The molecule has 8 nitrogen and oxygen atoms in total. The zero-order chi connectivity index (χ0) is 25.9. The summed E-state index contributed by atoms with van der Waals surface area (Å²) in [6, 6.07) is 10.0. The van der Waals surface area contributed by atoms with Crippen molar-refractivity contribution >= 4 is 23.1 Å². The van der Waals surface area contributed by atoms with E-state index in [4.69, 9.17) is 10.5 Å². The number of amides is 1. The van der Waals surface area contributed by atoms with Crippen molar-refractivity contribution in [2.24, 2.45) is 0 Å². The molecule has 3 N–H and O–H groups in total. The van der Waals surface area contributed by atoms with Gasteiger partial charge < -0.3 is 25.6 Å². The molecule has 0 saturated carbocycles. The highest BCUT2D eigenvalue weighted by Crippen LogP contribution is 2.31. The Bertz CT molecular complexity index is 1300. The van der Waals surface area contributed by atoms with E-state index < -0.39 is 11.6 Å². The molecule has 1 saturated heterocycles. The van der Waals surface area contributed by atoms with E-state index in [2.05, 4.69) is 20.2 Å². The Kier molecular flexibility index (Phi) is 7.18. The van der Waals surface area contributed by atoms with Crippen LogP contribution in [0.1, 0.15) is 34.5 Å². The van der Waals surface area contributed by atoms with Crippen LogP contribution in [0.15, 0.2) is 42.7 Å². The summed E-state index contributed by atoms with van der Waals surface area (Å²) < 4.78 is 32.7. The third-order valence-electron chi connectivity index (χ3n) is 7.13. The van der Waals surface area contributed by atoms with Crippen molar-refractivity contribution in [1.29, 1.82) is 0 Å². The van der Waals surface area contributed by atoms with Gasteiger partial charge in [0.05, 0.1) is 12.8 Å². The molecule has 10 heteroatoms. The van der Waals surface area contributed by atoms with Crippen LogP contribution in [0, 0.1) is 11.6 Å². The largest absolute Gasteiger partial charge is 0.497 e. The molecule has 2 aliphatic heterocycles. The number of aromatic nitrogens is 2. The van der Waals surface area contributed by atoms with Gasteiger partial charge in [-0.15, -0.1) is 0 Å². The first-order chi connectivity index (χ1) is 17.9. The molecule has 1 aromatic heterocycles. The molecular formula is C27H30F2N6O2. The van der Waals surface area contributed by atoms with Gasteiger partial charge in [0.15, 0.2) is 11.6 Å². The summed E-state index contributed by atoms with van der Waals surface area (Å²) in [7, 11) is 1.65. The summed E-state index contributed by atoms with van der Waals surface area (Å²) >= 11 is 0. The Hall–Kier alpha value is -3.79. The maximum atomic E-state index is 13.8. The Morgan fingerprint density at radius 2 is 1.89 bits per heavy atom. The molecule has 0 aliphatic carbocycles. The van der Waals surface area contributed by atoms with Crippen LogP contribution in [-0.2, 0) is 12.8 Å². The summed E-state index contributed by atoms with van der Waals surface area (Å²) in [5, 5.41) is 3.62. The second-order valence-electron chi connectivity index (χ2n) is 9.39. The van der Waals surface area contributed by atoms with Gasteiger partial charge in [-0.2, -0.15) is 0 Å². The van der Waals surface area contributed by atoms with Gasteiger partial charge in [0.25, 0.3) is 5.91 Å². The molecule has 0 atom stereocenters. The number of nitrogens with zero attached hydrogens (tertiary/aromatic N) is 4. The molecule has 0 bridgehead atoms. The molecule has 5 rings (SSSR count). The number of rotatable bonds is 7. The standard InChI is InChI=1S/C27H30F2N6O2/c1-37-20-2-3-23(30)17(12-20)4-8-31-19-6-9-34(10-7-19)26-15-24(32-16-33-26)27(36)35-11-5-18-13-21(28)22(29)14-25(18)35/h2-3,12-16,19,31H,4-11,30H2,1H3. The molecule has 2 aliphatic rings. The van der Waals surface area contributed by atoms with Gasteiger partial charge in [0.1, 0.15) is 23.6 Å². The van der Waals surface area contributed by atoms with Crippen LogP contribution in [0.2, 0.25) is 0 Å². The van der Waals surface area contributed by atoms with Gasteiger partial charge in [-0.1, -0.05) is 0 Å². The number of nitrogen functional groups attached to an aromatic ring is 1. The molecule has 1 amide bonds. The SMILES string of the molecule is COc1ccc(N)c(CCNC2CCN(c3cc(C(=O)N4CCc5cc(F)c(F)cc54)ncn3)CC2)c1. The number of carbonyl (C=O) groups is 1. The number of methoxy groups -OCH3 is 1. The number of piperidine rings is 1. The minimum atomic E-state index is -0.967. The molecule has 0 radical (unpaired) electrons. The number of nitrogens with one attached hydrogen (secondary N) is 1. The molecule has 194 valence electrons. The lowest BCUT2D eigenvalue weighted by atomic mass is 10.0. The van der Waals surface area contributed by atoms with Crippen molar-refractivity contribution < 1.29 is 18.3 Å². The van der Waals surface area contributed by atoms with Gasteiger partial charge in [0.2, 0.25) is 0 Å². The lowest BCUT2D eigenvalue weighted by Gasteiger charge is -2.33. The monoisotopic (exact) mass is 508 g/mol. The first-order valence-electron chi connectivity index (χ1n) is 12.5. The maximum Gasteiger partial charge on any atom is 0.277 e. The van der Waals surface area contributed by atoms with E-state index >= 15 is 0 Å². The van der Waals surface area contributed by atoms with Crippen molar-refractivity contribution in [3.05, 3.63) is 71.2 Å². The first kappa shape index (κ1) is 24.9. The van der Waals surface area contributed by atoms with Gasteiger partial charge in [0, 0.05) is 43.5 Å². The fourth-order valence-electron chi connectivity index (χ4n) is 5.02. The number of nitrogens with two attached hydrogens (primary N) is 1. The number of hydrogen-bond acceptors (Lipinski definition) is 7. The molecule has 37 heavy (non-hydrogen) atoms. The lowest BCUT2D eigenvalue weighted by molar-refractivity contribution is 0.0984. The highest BCUT2D eigenvalue weighted by molar-refractivity contribution is 6.06. The van der Waals surface area contributed by atoms with Gasteiger partial charge in [-0.05, 0) is 67.6 Å². The number of fused-ring (bicyclic) bond motifs is 1. The number of benzene rings is 2. The van der Waals surface area contributed by atoms with Crippen LogP contribution in [0.3, 0.4) is 0 Å². The Labute approximate surface area is 214 Å². The van der Waals surface area contributed by atoms with E-state index in [1.165, 1.54) is 11.2 Å². The van der Waals surface area contributed by atoms with Crippen LogP contribution in [0.25, 0.3) is 0 Å². The zero-order valence-corrected chi connectivity index (χ0v) is 20.7. The van der Waals surface area contributed by atoms with E-state index in [1.54, 1.807) is 13.2 Å². The van der Waals surface area contributed by atoms with E-state index in [9.17, 15) is 13.6 Å². The Morgan fingerprint density at radius 3 is 2.68 bits per heavy atom. The molecule has 3 aromatic rings. The van der Waals surface area contributed by atoms with Crippen LogP contribution in [0.5, 0.6) is 5.75 Å². The highest BCUT2D eigenvalue weighted by Gasteiger charge is 2.29. The number of hydrogen-bond donors (Lipinski definition) is 2. The zero-order valence-electron chi connectivity index (χ0n) is 20.7. The van der Waals surface area contributed by atoms with Crippen LogP contribution < -0.4 is 25.6 Å². The van der Waals surface area contributed by atoms with Crippen molar-refractivity contribution in [2.75, 3.05) is 48.8 Å². The van der Waals surface area contributed by atoms with Gasteiger partial charge in [-0.25, -0.2) is 18.7 Å². The molecule has 1 fully saturated rings. The molecule has 0 spiro atoms. The number of halogens is 2. The molecular weight excluding hydrogens is 478 g/mol. The third-order valence-corrected chi connectivity index (χ3v) is 7.13. The van der Waals surface area contributed by atoms with E-state index in [1.807, 2.05) is 18.2 Å². The average Bonchev–Trinajstić information content (AvgIpc) is 3.32. The van der Waals surface area contributed by atoms with E-state index in [0.717, 1.165) is 68.0 Å². The third kappa shape index (κ3) is 5.34. The number of ether oxygens (including phenoxy) is 1. The molecule has 0 unspecified atom stereocenters. The van der Waals surface area contributed by atoms with Gasteiger partial charge in [-0.3, -0.25) is 4.79 Å². The average molecular weight is 509 g/mol. The summed E-state index contributed by atoms with van der Waals surface area (Å²) in [6.07, 6.45) is 4.54. The topological polar surface area (TPSA) is 96.6 Å². The lowest BCUT2D eigenvalue weighted by Crippen LogP contribution is -2.43. The van der Waals surface area contributed by atoms with Crippen molar-refractivity contribution in [1.82, 2.24) is 15.3 Å². The summed E-state index contributed by atoms with van der Waals surface area (Å²) in [6.45, 7) is 2.76. The quantitative estimate of drug-likeness (QED) is 0.473. The van der Waals surface area contributed by atoms with E-state index in [-0.39, 0.29) is 11.6 Å². The minimum absolute atomic E-state index is 0.235. The summed E-state index contributed by atoms with van der Waals surface area (Å²) in [5.74, 6) is -0.729. The van der Waals surface area contributed by atoms with Gasteiger partial charge >= 0.3 is 0 Å². The van der Waals surface area contributed by atoms with Crippen LogP contribution >= 0.6 is 0 Å². The summed E-state index contributed by atoms with van der Waals surface area (Å²) in [4.78, 5) is 25.3.